The zero-order chi connectivity index (χ0) is 31.7. The Morgan fingerprint density at radius 1 is 0.523 bits per heavy atom. The van der Waals surface area contributed by atoms with E-state index in [-0.39, 0.29) is 7.25 Å². The fourth-order valence-electron chi connectivity index (χ4n) is 7.86. The van der Waals surface area contributed by atoms with E-state index in [2.05, 4.69) is 162 Å². The van der Waals surface area contributed by atoms with Gasteiger partial charge in [0.1, 0.15) is 0 Å². The predicted octanol–water partition coefficient (Wildman–Crippen LogP) is 12.3. The van der Waals surface area contributed by atoms with Crippen molar-refractivity contribution in [2.75, 3.05) is 0 Å². The fraction of sp³-hybridized carbons (Fsp3) is 0.263. The molecule has 4 aromatic carbocycles. The summed E-state index contributed by atoms with van der Waals surface area (Å²) in [5.74, 6) is -1.64. The molecule has 0 N–H and O–H groups in total. The maximum absolute atomic E-state index is 8.80. The summed E-state index contributed by atoms with van der Waals surface area (Å²) in [6.45, 7) is 19.9. The van der Waals surface area contributed by atoms with Crippen LogP contribution in [-0.4, -0.2) is 22.1 Å². The van der Waals surface area contributed by atoms with E-state index in [1.807, 2.05) is 0 Å². The Balaban J connectivity index is 1.67. The Morgan fingerprint density at radius 2 is 0.886 bits per heavy atom. The summed E-state index contributed by atoms with van der Waals surface area (Å²) < 4.78 is 0.265. The van der Waals surface area contributed by atoms with Gasteiger partial charge in [-0.2, -0.15) is 0 Å². The van der Waals surface area contributed by atoms with Crippen molar-refractivity contribution < 1.29 is 15.6 Å². The van der Waals surface area contributed by atoms with Gasteiger partial charge in [0.05, 0.1) is 0 Å². The predicted molar refractivity (Wildman–Crippen MR) is 202 cm³/mol. The standard InChI is InChI=1S/2C18H19Si.C2H7Si.2ClH.Zr/c2*1-19(2,3)16-12-15-10-7-11-17(18(15)13-16)14-8-5-4-6-9-14;1-3-2;;;/h2*4-13H,1-3H3;3H,1-2H3;2*1H;/q;;;;;+2/p-2. The van der Waals surface area contributed by atoms with Crippen LogP contribution >= 0.6 is 17.0 Å². The van der Waals surface area contributed by atoms with Crippen LogP contribution in [0.2, 0.25) is 52.4 Å². The molecule has 0 aliphatic heterocycles. The zero-order valence-corrected chi connectivity index (χ0v) is 34.5. The van der Waals surface area contributed by atoms with Gasteiger partial charge >= 0.3 is 278 Å². The van der Waals surface area contributed by atoms with Crippen molar-refractivity contribution in [2.24, 2.45) is 0 Å². The van der Waals surface area contributed by atoms with Crippen molar-refractivity contribution in [2.45, 2.75) is 59.6 Å². The second-order valence-corrected chi connectivity index (χ2v) is 68.0. The molecule has 2 unspecified atom stereocenters. The van der Waals surface area contributed by atoms with Gasteiger partial charge in [0, 0.05) is 0 Å². The van der Waals surface area contributed by atoms with Crippen molar-refractivity contribution in [3.05, 3.63) is 130 Å². The van der Waals surface area contributed by atoms with Crippen molar-refractivity contribution in [1.82, 2.24) is 0 Å². The minimum absolute atomic E-state index is 0.132. The molecule has 0 spiro atoms. The van der Waals surface area contributed by atoms with Gasteiger partial charge in [0.2, 0.25) is 0 Å². The molecule has 0 heterocycles. The van der Waals surface area contributed by atoms with E-state index in [4.69, 9.17) is 17.0 Å². The van der Waals surface area contributed by atoms with E-state index in [0.29, 0.717) is 0 Å². The molecular formula is C38H45Cl2Si3Zr. The molecule has 0 amide bonds. The molecule has 0 aromatic heterocycles. The van der Waals surface area contributed by atoms with Crippen LogP contribution in [0.15, 0.2) is 107 Å². The first-order valence-electron chi connectivity index (χ1n) is 16.0. The number of allylic oxidation sites excluding steroid dienone is 2. The van der Waals surface area contributed by atoms with Crippen LogP contribution in [0.4, 0.5) is 0 Å². The first kappa shape index (κ1) is 32.4. The van der Waals surface area contributed by atoms with Gasteiger partial charge in [-0.05, 0) is 0 Å². The Bertz CT molecular complexity index is 1670. The second kappa shape index (κ2) is 11.3. The van der Waals surface area contributed by atoms with Gasteiger partial charge in [-0.1, -0.05) is 0 Å². The van der Waals surface area contributed by atoms with Gasteiger partial charge < -0.3 is 0 Å². The molecule has 2 aliphatic rings. The van der Waals surface area contributed by atoms with Gasteiger partial charge in [0.15, 0.2) is 0 Å². The van der Waals surface area contributed by atoms with Gasteiger partial charge in [-0.3, -0.25) is 0 Å². The van der Waals surface area contributed by atoms with E-state index in [1.54, 1.807) is 10.4 Å². The maximum atomic E-state index is 8.80. The van der Waals surface area contributed by atoms with Crippen LogP contribution in [0.5, 0.6) is 0 Å². The summed E-state index contributed by atoms with van der Waals surface area (Å²) in [7, 11) is 13.9. The number of benzene rings is 4. The molecule has 0 nitrogen and oxygen atoms in total. The Hall–Kier alpha value is -1.53. The Morgan fingerprint density at radius 3 is 1.20 bits per heavy atom. The zero-order valence-electron chi connectivity index (χ0n) is 27.4. The molecule has 44 heavy (non-hydrogen) atoms. The van der Waals surface area contributed by atoms with Crippen molar-refractivity contribution in [3.63, 3.8) is 0 Å². The normalized spacial score (nSPS) is 19.2. The fourth-order valence-corrected chi connectivity index (χ4v) is 54.6. The van der Waals surface area contributed by atoms with Crippen LogP contribution < -0.4 is 0 Å². The van der Waals surface area contributed by atoms with E-state index in [9.17, 15) is 0 Å². The SMILES string of the molecule is C[SiH](C)[Zr]([Cl])([Cl])([CH]1C([Si](C)(C)C)=Cc2c(-c3ccccc3)cccc21)[CH]1C([Si](C)(C)C)=Cc2c(-c3ccccc3)cccc21. The molecule has 6 rings (SSSR count). The number of halogens is 2. The molecule has 6 heteroatoms. The van der Waals surface area contributed by atoms with E-state index in [0.717, 1.165) is 0 Å². The first-order chi connectivity index (χ1) is 20.6. The van der Waals surface area contributed by atoms with Crippen LogP contribution in [0.25, 0.3) is 34.4 Å². The minimum atomic E-state index is -4.87. The summed E-state index contributed by atoms with van der Waals surface area (Å²) in [4.78, 5) is 0. The van der Waals surface area contributed by atoms with E-state index < -0.39 is 37.6 Å². The number of hydrogen-bond acceptors (Lipinski definition) is 0. The molecule has 227 valence electrons. The van der Waals surface area contributed by atoms with Gasteiger partial charge in [-0.15, -0.1) is 0 Å². The van der Waals surface area contributed by atoms with Crippen molar-refractivity contribution in [3.8, 4) is 22.3 Å². The summed E-state index contributed by atoms with van der Waals surface area (Å²) in [6.07, 6.45) is 5.11. The van der Waals surface area contributed by atoms with E-state index >= 15 is 0 Å². The van der Waals surface area contributed by atoms with Gasteiger partial charge in [0.25, 0.3) is 0 Å². The number of hydrogen-bond donors (Lipinski definition) is 0. The van der Waals surface area contributed by atoms with Crippen molar-refractivity contribution in [1.29, 1.82) is 0 Å². The number of rotatable bonds is 7. The summed E-state index contributed by atoms with van der Waals surface area (Å²) >= 11 is -4.87. The molecule has 4 aromatic rings. The van der Waals surface area contributed by atoms with Crippen LogP contribution in [0, 0.1) is 0 Å². The molecule has 0 bridgehead atoms. The van der Waals surface area contributed by atoms with Crippen LogP contribution in [0.1, 0.15) is 29.5 Å². The summed E-state index contributed by atoms with van der Waals surface area (Å²) in [6, 6.07) is 35.6. The molecular weight excluding hydrogens is 703 g/mol. The van der Waals surface area contributed by atoms with Crippen molar-refractivity contribution >= 4 is 51.2 Å². The molecule has 0 saturated carbocycles. The van der Waals surface area contributed by atoms with Gasteiger partial charge in [-0.25, -0.2) is 0 Å². The third-order valence-corrected chi connectivity index (χ3v) is 67.5. The second-order valence-electron chi connectivity index (χ2n) is 15.3. The molecule has 0 saturated heterocycles. The molecule has 2 aliphatic carbocycles. The monoisotopic (exact) mass is 745 g/mol. The third-order valence-electron chi connectivity index (χ3n) is 10.2. The molecule has 2 atom stereocenters. The van der Waals surface area contributed by atoms with Crippen LogP contribution in [0.3, 0.4) is 0 Å². The van der Waals surface area contributed by atoms with E-state index in [1.165, 1.54) is 44.5 Å². The van der Waals surface area contributed by atoms with Crippen LogP contribution in [-0.2, 0) is 15.6 Å². The topological polar surface area (TPSA) is 0 Å². The quantitative estimate of drug-likeness (QED) is 0.165. The third kappa shape index (κ3) is 5.17. The average Bonchev–Trinajstić information content (AvgIpc) is 3.59. The first-order valence-corrected chi connectivity index (χ1v) is 39.3. The Labute approximate surface area is 276 Å². The molecule has 0 radical (unpaired) electrons. The summed E-state index contributed by atoms with van der Waals surface area (Å²) in [5, 5.41) is 3.13. The summed E-state index contributed by atoms with van der Waals surface area (Å²) in [5.41, 5.74) is 10.6. The number of fused-ring (bicyclic) bond motifs is 2. The Kier molecular flexibility index (Phi) is 8.34. The molecule has 0 fully saturated rings. The average molecular weight is 748 g/mol.